The quantitative estimate of drug-likeness (QED) is 0.688. The van der Waals surface area contributed by atoms with E-state index in [0.717, 1.165) is 19.8 Å². The summed E-state index contributed by atoms with van der Waals surface area (Å²) in [6, 6.07) is 0. The number of allylic oxidation sites excluding steroid dienone is 2. The molecule has 0 bridgehead atoms. The monoisotopic (exact) mass is 296 g/mol. The van der Waals surface area contributed by atoms with Crippen molar-refractivity contribution in [3.05, 3.63) is 8.95 Å². The van der Waals surface area contributed by atoms with Crippen molar-refractivity contribution in [3.8, 4) is 0 Å². The third-order valence-corrected chi connectivity index (χ3v) is 6.82. The third kappa shape index (κ3) is 3.24. The molecule has 1 aliphatic carbocycles. The Hall–Kier alpha value is 0.739. The van der Waals surface area contributed by atoms with Gasteiger partial charge in [-0.2, -0.15) is 0 Å². The Labute approximate surface area is 90.5 Å². The summed E-state index contributed by atoms with van der Waals surface area (Å²) in [7, 11) is 0. The van der Waals surface area contributed by atoms with Gasteiger partial charge in [-0.15, -0.1) is 0 Å². The zero-order valence-electron chi connectivity index (χ0n) is 7.90. The van der Waals surface area contributed by atoms with E-state index < -0.39 is 0 Å². The molecule has 1 rings (SSSR count). The molecular weight excluding hydrogens is 279 g/mol. The number of halogens is 1. The summed E-state index contributed by atoms with van der Waals surface area (Å²) in [5, 5.41) is 0. The molecule has 0 nitrogen and oxygen atoms in total. The molecule has 0 aromatic heterocycles. The topological polar surface area (TPSA) is 0 Å². The predicted octanol–water partition coefficient (Wildman–Crippen LogP) is 4.09. The molecule has 0 spiro atoms. The van der Waals surface area contributed by atoms with Gasteiger partial charge >= 0.3 is 90.6 Å². The van der Waals surface area contributed by atoms with E-state index in [0.29, 0.717) is 0 Å². The number of hydrogen-bond donors (Lipinski definition) is 0. The van der Waals surface area contributed by atoms with Crippen LogP contribution in [0.25, 0.3) is 0 Å². The summed E-state index contributed by atoms with van der Waals surface area (Å²) in [6.07, 6.45) is 6.81. The molecule has 2 heteroatoms. The fourth-order valence-corrected chi connectivity index (χ4v) is 4.66. The first-order chi connectivity index (χ1) is 5.74. The van der Waals surface area contributed by atoms with E-state index in [1.807, 2.05) is 0 Å². The molecule has 12 heavy (non-hydrogen) atoms. The Bertz CT molecular complexity index is 175. The van der Waals surface area contributed by atoms with E-state index in [4.69, 9.17) is 0 Å². The van der Waals surface area contributed by atoms with Gasteiger partial charge in [0.2, 0.25) is 0 Å². The van der Waals surface area contributed by atoms with Crippen LogP contribution in [0.4, 0.5) is 0 Å². The molecule has 0 saturated heterocycles. The van der Waals surface area contributed by atoms with Crippen molar-refractivity contribution >= 4 is 30.9 Å². The molecule has 0 aliphatic heterocycles. The average molecular weight is 296 g/mol. The Morgan fingerprint density at radius 1 is 1.42 bits per heavy atom. The molecule has 0 heterocycles. The van der Waals surface area contributed by atoms with Crippen LogP contribution < -0.4 is 0 Å². The van der Waals surface area contributed by atoms with E-state index in [1.54, 1.807) is 4.47 Å². The second kappa shape index (κ2) is 5.47. The number of rotatable bonds is 3. The van der Waals surface area contributed by atoms with Gasteiger partial charge in [-0.25, -0.2) is 0 Å². The molecule has 0 aromatic rings. The molecule has 0 radical (unpaired) electrons. The van der Waals surface area contributed by atoms with Crippen molar-refractivity contribution in [3.63, 3.8) is 0 Å². The second-order valence-corrected chi connectivity index (χ2v) is 7.55. The van der Waals surface area contributed by atoms with Crippen LogP contribution in [-0.2, 0) is 0 Å². The van der Waals surface area contributed by atoms with Crippen molar-refractivity contribution < 1.29 is 0 Å². The molecule has 1 atom stereocenters. The Morgan fingerprint density at radius 3 is 2.67 bits per heavy atom. The predicted molar refractivity (Wildman–Crippen MR) is 59.9 cm³/mol. The molecular formula is C10H17BrSe. The van der Waals surface area contributed by atoms with Crippen molar-refractivity contribution in [2.45, 2.75) is 50.8 Å². The summed E-state index contributed by atoms with van der Waals surface area (Å²) >= 11 is 4.47. The Morgan fingerprint density at radius 2 is 2.08 bits per heavy atom. The standard InChI is InChI=1S/C10H17BrSe/c1-3-8(2)12-10-7-5-4-6-9(10)11/h8H,3-7H2,1-2H3. The first-order valence-electron chi connectivity index (χ1n) is 4.78. The molecule has 0 N–H and O–H groups in total. The van der Waals surface area contributed by atoms with Crippen LogP contribution in [0.5, 0.6) is 0 Å². The van der Waals surface area contributed by atoms with Crippen LogP contribution in [0, 0.1) is 0 Å². The second-order valence-electron chi connectivity index (χ2n) is 3.37. The van der Waals surface area contributed by atoms with E-state index in [9.17, 15) is 0 Å². The van der Waals surface area contributed by atoms with Gasteiger partial charge < -0.3 is 0 Å². The van der Waals surface area contributed by atoms with Gasteiger partial charge in [-0.05, 0) is 0 Å². The number of hydrogen-bond acceptors (Lipinski definition) is 0. The van der Waals surface area contributed by atoms with Crippen molar-refractivity contribution in [1.82, 2.24) is 0 Å². The van der Waals surface area contributed by atoms with Crippen molar-refractivity contribution in [1.29, 1.82) is 0 Å². The van der Waals surface area contributed by atoms with Crippen molar-refractivity contribution in [2.75, 3.05) is 0 Å². The van der Waals surface area contributed by atoms with Gasteiger partial charge in [0, 0.05) is 0 Å². The van der Waals surface area contributed by atoms with Crippen LogP contribution in [0.3, 0.4) is 0 Å². The van der Waals surface area contributed by atoms with E-state index in [1.165, 1.54) is 36.6 Å². The van der Waals surface area contributed by atoms with E-state index in [2.05, 4.69) is 29.8 Å². The van der Waals surface area contributed by atoms with Gasteiger partial charge in [0.05, 0.1) is 0 Å². The summed E-state index contributed by atoms with van der Waals surface area (Å²) in [5.41, 5.74) is 0. The zero-order chi connectivity index (χ0) is 8.97. The van der Waals surface area contributed by atoms with Crippen LogP contribution >= 0.6 is 15.9 Å². The fraction of sp³-hybridized carbons (Fsp3) is 0.800. The van der Waals surface area contributed by atoms with Gasteiger partial charge in [0.25, 0.3) is 0 Å². The molecule has 0 fully saturated rings. The van der Waals surface area contributed by atoms with Gasteiger partial charge in [-0.3, -0.25) is 0 Å². The average Bonchev–Trinajstić information content (AvgIpc) is 2.09. The van der Waals surface area contributed by atoms with Gasteiger partial charge in [0.1, 0.15) is 0 Å². The Balaban J connectivity index is 2.48. The summed E-state index contributed by atoms with van der Waals surface area (Å²) in [4.78, 5) is 0.929. The molecule has 1 unspecified atom stereocenters. The molecule has 0 aromatic carbocycles. The summed E-state index contributed by atoms with van der Waals surface area (Å²) in [6.45, 7) is 4.67. The SMILES string of the molecule is CCC(C)[Se]C1=C(Br)CCCC1. The summed E-state index contributed by atoms with van der Waals surface area (Å²) in [5.74, 6) is 0. The van der Waals surface area contributed by atoms with Crippen LogP contribution in [0.1, 0.15) is 46.0 Å². The van der Waals surface area contributed by atoms with E-state index >= 15 is 0 Å². The molecule has 1 aliphatic rings. The first-order valence-corrected chi connectivity index (χ1v) is 7.42. The van der Waals surface area contributed by atoms with Crippen molar-refractivity contribution in [2.24, 2.45) is 0 Å². The van der Waals surface area contributed by atoms with Gasteiger partial charge in [-0.1, -0.05) is 0 Å². The maximum atomic E-state index is 3.71. The minimum atomic E-state index is 0.758. The minimum absolute atomic E-state index is 0.758. The van der Waals surface area contributed by atoms with Crippen LogP contribution in [0.2, 0.25) is 4.82 Å². The Kier molecular flexibility index (Phi) is 4.93. The normalized spacial score (nSPS) is 21.2. The maximum absolute atomic E-state index is 3.71. The summed E-state index contributed by atoms with van der Waals surface area (Å²) < 4.78 is 3.29. The molecule has 0 amide bonds. The van der Waals surface area contributed by atoms with E-state index in [-0.39, 0.29) is 0 Å². The first kappa shape index (κ1) is 10.8. The molecule has 70 valence electrons. The molecule has 0 saturated carbocycles. The fourth-order valence-electron chi connectivity index (χ4n) is 1.29. The van der Waals surface area contributed by atoms with Crippen LogP contribution in [-0.4, -0.2) is 15.0 Å². The van der Waals surface area contributed by atoms with Gasteiger partial charge in [0.15, 0.2) is 0 Å². The zero-order valence-corrected chi connectivity index (χ0v) is 11.2. The third-order valence-electron chi connectivity index (χ3n) is 2.27. The van der Waals surface area contributed by atoms with Crippen LogP contribution in [0.15, 0.2) is 8.95 Å².